The van der Waals surface area contributed by atoms with Crippen LogP contribution in [0.1, 0.15) is 53.4 Å². The summed E-state index contributed by atoms with van der Waals surface area (Å²) in [5.41, 5.74) is -0.0855. The van der Waals surface area contributed by atoms with Gasteiger partial charge >= 0.3 is 0 Å². The second kappa shape index (κ2) is 7.92. The van der Waals surface area contributed by atoms with Crippen molar-refractivity contribution in [1.82, 2.24) is 0 Å². The van der Waals surface area contributed by atoms with Crippen molar-refractivity contribution in [3.63, 3.8) is 0 Å². The van der Waals surface area contributed by atoms with E-state index < -0.39 is 22.0 Å². The molecule has 0 unspecified atom stereocenters. The van der Waals surface area contributed by atoms with Crippen molar-refractivity contribution in [3.05, 3.63) is 24.0 Å². The van der Waals surface area contributed by atoms with Crippen molar-refractivity contribution in [2.45, 2.75) is 105 Å². The molecule has 32 heavy (non-hydrogen) atoms. The fourth-order valence-electron chi connectivity index (χ4n) is 6.95. The first kappa shape index (κ1) is 25.9. The minimum absolute atomic E-state index is 0.0176. The summed E-state index contributed by atoms with van der Waals surface area (Å²) in [7, 11) is -3.82. The number of aliphatic hydroxyl groups is 1. The van der Waals surface area contributed by atoms with Gasteiger partial charge in [-0.05, 0) is 76.0 Å². The third-order valence-electron chi connectivity index (χ3n) is 8.77. The van der Waals surface area contributed by atoms with E-state index in [0.29, 0.717) is 12.3 Å². The van der Waals surface area contributed by atoms with Gasteiger partial charge in [0.25, 0.3) is 0 Å². The summed E-state index contributed by atoms with van der Waals surface area (Å²) in [5, 5.41) is 11.3. The first-order valence-electron chi connectivity index (χ1n) is 12.4. The maximum absolute atomic E-state index is 13.1. The number of allylic oxidation sites excluding steroid dienone is 1. The van der Waals surface area contributed by atoms with E-state index in [1.54, 1.807) is 0 Å². The van der Waals surface area contributed by atoms with Crippen molar-refractivity contribution in [3.8, 4) is 0 Å². The summed E-state index contributed by atoms with van der Waals surface area (Å²) in [6, 6.07) is 0. The van der Waals surface area contributed by atoms with Gasteiger partial charge in [0.2, 0.25) is 0 Å². The molecule has 0 radical (unpaired) electrons. The molecular weight excluding hydrogens is 432 g/mol. The molecule has 182 valence electrons. The van der Waals surface area contributed by atoms with Crippen LogP contribution in [0.3, 0.4) is 0 Å². The summed E-state index contributed by atoms with van der Waals surface area (Å²) in [6.45, 7) is 26.7. The highest BCUT2D eigenvalue weighted by Gasteiger charge is 2.66. The highest BCUT2D eigenvalue weighted by molar-refractivity contribution is 6.70. The quantitative estimate of drug-likeness (QED) is 0.346. The van der Waals surface area contributed by atoms with Crippen LogP contribution in [-0.2, 0) is 13.6 Å². The molecule has 0 spiro atoms. The fourth-order valence-corrected chi connectivity index (χ4v) is 9.37. The third kappa shape index (κ3) is 4.03. The van der Waals surface area contributed by atoms with Crippen molar-refractivity contribution >= 4 is 22.4 Å². The summed E-state index contributed by atoms with van der Waals surface area (Å²) in [5.74, 6) is 0.327. The molecule has 4 nitrogen and oxygen atoms in total. The standard InChI is InChI=1S/C26H46O4Si2/c1-12-24(4)16-20(29-31(6,7)8)25(5)17(2)13-14-26(15-19(27)21(28)22(25)26)18(3)23(24)30-32(9,10)11/h12,17-18,20,23,28H,1,13-16H2,2-11H3/t17-,18+,20-,23+,24-,25+,26+/m1/s1. The Kier molecular flexibility index (Phi) is 6.42. The lowest BCUT2D eigenvalue weighted by atomic mass is 9.46. The number of carbonyl (C=O) groups excluding carboxylic acids is 1. The molecule has 6 heteroatoms. The molecule has 7 atom stereocenters. The van der Waals surface area contributed by atoms with Crippen LogP contribution in [0.25, 0.3) is 0 Å². The molecule has 0 aromatic carbocycles. The predicted molar refractivity (Wildman–Crippen MR) is 137 cm³/mol. The molecule has 2 bridgehead atoms. The molecule has 0 aliphatic heterocycles. The Balaban J connectivity index is 2.33. The maximum Gasteiger partial charge on any atom is 0.197 e. The van der Waals surface area contributed by atoms with Gasteiger partial charge in [-0.1, -0.05) is 33.8 Å². The lowest BCUT2D eigenvalue weighted by Gasteiger charge is -2.62. The van der Waals surface area contributed by atoms with Crippen LogP contribution in [0, 0.1) is 28.1 Å². The zero-order valence-corrected chi connectivity index (χ0v) is 24.1. The Hall–Kier alpha value is -0.696. The third-order valence-corrected chi connectivity index (χ3v) is 10.7. The topological polar surface area (TPSA) is 55.8 Å². The van der Waals surface area contributed by atoms with E-state index in [2.05, 4.69) is 79.6 Å². The lowest BCUT2D eigenvalue weighted by molar-refractivity contribution is -0.123. The Morgan fingerprint density at radius 1 is 1.06 bits per heavy atom. The van der Waals surface area contributed by atoms with E-state index in [9.17, 15) is 9.90 Å². The van der Waals surface area contributed by atoms with E-state index in [4.69, 9.17) is 8.85 Å². The van der Waals surface area contributed by atoms with E-state index in [1.807, 2.05) is 0 Å². The van der Waals surface area contributed by atoms with Crippen molar-refractivity contribution in [2.75, 3.05) is 0 Å². The van der Waals surface area contributed by atoms with Gasteiger partial charge in [-0.15, -0.1) is 6.58 Å². The van der Waals surface area contributed by atoms with Crippen LogP contribution in [0.5, 0.6) is 0 Å². The van der Waals surface area contributed by atoms with E-state index >= 15 is 0 Å². The van der Waals surface area contributed by atoms with E-state index in [0.717, 1.165) is 24.8 Å². The van der Waals surface area contributed by atoms with Crippen LogP contribution < -0.4 is 0 Å². The second-order valence-electron chi connectivity index (χ2n) is 13.3. The highest BCUT2D eigenvalue weighted by Crippen LogP contribution is 2.68. The molecule has 0 aromatic rings. The molecule has 2 saturated carbocycles. The average Bonchev–Trinajstić information content (AvgIpc) is 2.91. The van der Waals surface area contributed by atoms with Crippen LogP contribution in [-0.4, -0.2) is 39.7 Å². The Labute approximate surface area is 198 Å². The Morgan fingerprint density at radius 3 is 2.12 bits per heavy atom. The average molecular weight is 479 g/mol. The smallest absolute Gasteiger partial charge is 0.197 e. The number of rotatable bonds is 5. The molecule has 0 aromatic heterocycles. The first-order chi connectivity index (χ1) is 14.4. The van der Waals surface area contributed by atoms with Gasteiger partial charge in [0.05, 0.1) is 12.2 Å². The largest absolute Gasteiger partial charge is 0.504 e. The number of hydrogen-bond acceptors (Lipinski definition) is 4. The summed E-state index contributed by atoms with van der Waals surface area (Å²) >= 11 is 0. The highest BCUT2D eigenvalue weighted by atomic mass is 28.4. The number of carbonyl (C=O) groups is 1. The zero-order valence-electron chi connectivity index (χ0n) is 22.1. The number of Topliss-reactive ketones (excluding diaryl/α,β-unsaturated/α-hetero) is 1. The van der Waals surface area contributed by atoms with Gasteiger partial charge < -0.3 is 14.0 Å². The molecule has 3 rings (SSSR count). The maximum atomic E-state index is 13.1. The fraction of sp³-hybridized carbons (Fsp3) is 0.808. The zero-order chi connectivity index (χ0) is 24.5. The summed E-state index contributed by atoms with van der Waals surface area (Å²) < 4.78 is 13.9. The minimum atomic E-state index is -1.92. The molecule has 0 saturated heterocycles. The van der Waals surface area contributed by atoms with E-state index in [-0.39, 0.29) is 40.5 Å². The number of aliphatic hydroxyl groups excluding tert-OH is 1. The SMILES string of the molecule is C=C[C@]1(C)C[C@@H](O[Si](C)(C)C)[C@@]2(C)C3=C(O)C(=O)C[C@@]3(CC[C@H]2C)[C@@H](C)[C@@H]1O[Si](C)(C)C. The van der Waals surface area contributed by atoms with Gasteiger partial charge in [-0.3, -0.25) is 4.79 Å². The summed E-state index contributed by atoms with van der Waals surface area (Å²) in [6.07, 6.45) is 5.01. The van der Waals surface area contributed by atoms with E-state index in [1.165, 1.54) is 0 Å². The molecule has 2 fully saturated rings. The van der Waals surface area contributed by atoms with Gasteiger partial charge in [0.15, 0.2) is 28.2 Å². The second-order valence-corrected chi connectivity index (χ2v) is 22.2. The lowest BCUT2D eigenvalue weighted by Crippen LogP contribution is -2.61. The monoisotopic (exact) mass is 478 g/mol. The molecular formula is C26H46O4Si2. The molecule has 0 heterocycles. The van der Waals surface area contributed by atoms with Crippen molar-refractivity contribution in [1.29, 1.82) is 0 Å². The van der Waals surface area contributed by atoms with Gasteiger partial charge in [-0.25, -0.2) is 0 Å². The minimum Gasteiger partial charge on any atom is -0.504 e. The van der Waals surface area contributed by atoms with Gasteiger partial charge in [0.1, 0.15) is 0 Å². The van der Waals surface area contributed by atoms with Gasteiger partial charge in [-0.2, -0.15) is 0 Å². The van der Waals surface area contributed by atoms with Crippen LogP contribution in [0.15, 0.2) is 24.0 Å². The molecule has 1 N–H and O–H groups in total. The molecule has 3 aliphatic rings. The van der Waals surface area contributed by atoms with Crippen LogP contribution >= 0.6 is 0 Å². The number of hydrogen-bond donors (Lipinski definition) is 1. The van der Waals surface area contributed by atoms with Crippen molar-refractivity contribution < 1.29 is 18.8 Å². The van der Waals surface area contributed by atoms with Crippen LogP contribution in [0.2, 0.25) is 39.3 Å². The molecule has 3 aliphatic carbocycles. The molecule has 0 amide bonds. The van der Waals surface area contributed by atoms with Crippen LogP contribution in [0.4, 0.5) is 0 Å². The summed E-state index contributed by atoms with van der Waals surface area (Å²) in [4.78, 5) is 13.1. The number of ketones is 1. The normalized spacial score (nSPS) is 43.0. The Morgan fingerprint density at radius 2 is 1.62 bits per heavy atom. The van der Waals surface area contributed by atoms with Gasteiger partial charge in [0, 0.05) is 22.7 Å². The predicted octanol–water partition coefficient (Wildman–Crippen LogP) is 6.87. The Bertz CT molecular complexity index is 823. The first-order valence-corrected chi connectivity index (χ1v) is 19.2. The van der Waals surface area contributed by atoms with Crippen molar-refractivity contribution in [2.24, 2.45) is 28.1 Å².